The number of hydrogen-bond acceptors (Lipinski definition) is 5. The Morgan fingerprint density at radius 2 is 2.17 bits per heavy atom. The van der Waals surface area contributed by atoms with Crippen molar-refractivity contribution >= 4 is 46.9 Å². The number of amides is 4. The summed E-state index contributed by atoms with van der Waals surface area (Å²) in [6.07, 6.45) is 5.31. The summed E-state index contributed by atoms with van der Waals surface area (Å²) in [5.41, 5.74) is -0.417. The third-order valence-corrected chi connectivity index (χ3v) is 6.58. The van der Waals surface area contributed by atoms with Crippen molar-refractivity contribution in [2.24, 2.45) is 13.0 Å². The van der Waals surface area contributed by atoms with Crippen LogP contribution in [-0.4, -0.2) is 44.4 Å². The van der Waals surface area contributed by atoms with E-state index < -0.39 is 17.5 Å². The molecule has 29 heavy (non-hydrogen) atoms. The van der Waals surface area contributed by atoms with Crippen LogP contribution in [0.3, 0.4) is 0 Å². The fourth-order valence-corrected chi connectivity index (χ4v) is 4.41. The Kier molecular flexibility index (Phi) is 5.04. The van der Waals surface area contributed by atoms with Gasteiger partial charge in [0.05, 0.1) is 5.69 Å². The SMILES string of the molecule is Cn1ccnc1Sc1ccc(Cl)cc1NC(=O)CN1C(=O)NC(C)(C2CC2)C1=O. The van der Waals surface area contributed by atoms with Crippen LogP contribution < -0.4 is 10.6 Å². The molecule has 0 bridgehead atoms. The summed E-state index contributed by atoms with van der Waals surface area (Å²) < 4.78 is 1.86. The highest BCUT2D eigenvalue weighted by atomic mass is 35.5. The average molecular weight is 434 g/mol. The van der Waals surface area contributed by atoms with Crippen molar-refractivity contribution in [1.29, 1.82) is 0 Å². The monoisotopic (exact) mass is 433 g/mol. The summed E-state index contributed by atoms with van der Waals surface area (Å²) in [6.45, 7) is 1.37. The zero-order valence-corrected chi connectivity index (χ0v) is 17.5. The van der Waals surface area contributed by atoms with E-state index in [-0.39, 0.29) is 18.4 Å². The van der Waals surface area contributed by atoms with Gasteiger partial charge < -0.3 is 15.2 Å². The zero-order chi connectivity index (χ0) is 20.8. The van der Waals surface area contributed by atoms with E-state index in [2.05, 4.69) is 15.6 Å². The van der Waals surface area contributed by atoms with Gasteiger partial charge in [0.1, 0.15) is 12.1 Å². The predicted octanol–water partition coefficient (Wildman–Crippen LogP) is 2.88. The molecule has 1 unspecified atom stereocenters. The highest BCUT2D eigenvalue weighted by Gasteiger charge is 2.56. The maximum Gasteiger partial charge on any atom is 0.325 e. The number of hydrogen-bond donors (Lipinski definition) is 2. The highest BCUT2D eigenvalue weighted by Crippen LogP contribution is 2.42. The number of halogens is 1. The Morgan fingerprint density at radius 3 is 2.83 bits per heavy atom. The molecule has 1 atom stereocenters. The number of aromatic nitrogens is 2. The van der Waals surface area contributed by atoms with Gasteiger partial charge in [-0.2, -0.15) is 0 Å². The number of benzene rings is 1. The van der Waals surface area contributed by atoms with E-state index >= 15 is 0 Å². The van der Waals surface area contributed by atoms with Crippen LogP contribution in [0.4, 0.5) is 10.5 Å². The predicted molar refractivity (Wildman–Crippen MR) is 109 cm³/mol. The van der Waals surface area contributed by atoms with Crippen molar-refractivity contribution in [2.45, 2.75) is 35.4 Å². The van der Waals surface area contributed by atoms with Crippen molar-refractivity contribution in [1.82, 2.24) is 19.8 Å². The van der Waals surface area contributed by atoms with Crippen LogP contribution in [0, 0.1) is 5.92 Å². The number of anilines is 1. The second-order valence-corrected chi connectivity index (χ2v) is 8.86. The van der Waals surface area contributed by atoms with Crippen molar-refractivity contribution < 1.29 is 14.4 Å². The van der Waals surface area contributed by atoms with Gasteiger partial charge in [0, 0.05) is 29.4 Å². The molecule has 2 aliphatic rings. The number of imidazole rings is 1. The fraction of sp³-hybridized carbons (Fsp3) is 0.368. The first-order valence-corrected chi connectivity index (χ1v) is 10.4. The molecule has 1 aliphatic heterocycles. The summed E-state index contributed by atoms with van der Waals surface area (Å²) in [5.74, 6) is -0.688. The molecular formula is C19H20ClN5O3S. The van der Waals surface area contributed by atoms with Crippen molar-refractivity contribution in [2.75, 3.05) is 11.9 Å². The topological polar surface area (TPSA) is 96.3 Å². The van der Waals surface area contributed by atoms with Gasteiger partial charge in [-0.1, -0.05) is 11.6 Å². The van der Waals surface area contributed by atoms with Gasteiger partial charge in [0.25, 0.3) is 5.91 Å². The van der Waals surface area contributed by atoms with E-state index in [0.717, 1.165) is 27.8 Å². The maximum absolute atomic E-state index is 12.7. The van der Waals surface area contributed by atoms with Gasteiger partial charge in [0.2, 0.25) is 5.91 Å². The van der Waals surface area contributed by atoms with Gasteiger partial charge >= 0.3 is 6.03 Å². The van der Waals surface area contributed by atoms with Gasteiger partial charge in [-0.25, -0.2) is 9.78 Å². The third-order valence-electron chi connectivity index (χ3n) is 5.19. The number of carbonyl (C=O) groups excluding carboxylic acids is 3. The minimum absolute atomic E-state index is 0.140. The smallest absolute Gasteiger partial charge is 0.325 e. The number of urea groups is 1. The van der Waals surface area contributed by atoms with Crippen LogP contribution in [0.15, 0.2) is 40.6 Å². The molecule has 4 amide bonds. The number of nitrogens with zero attached hydrogens (tertiary/aromatic N) is 3. The molecule has 4 rings (SSSR count). The van der Waals surface area contributed by atoms with E-state index in [9.17, 15) is 14.4 Å². The molecule has 1 aromatic heterocycles. The Morgan fingerprint density at radius 1 is 1.41 bits per heavy atom. The second-order valence-electron chi connectivity index (χ2n) is 7.41. The molecule has 2 fully saturated rings. The first-order valence-electron chi connectivity index (χ1n) is 9.16. The molecule has 0 radical (unpaired) electrons. The molecule has 2 aromatic rings. The normalized spacial score (nSPS) is 21.4. The minimum Gasteiger partial charge on any atom is -0.329 e. The summed E-state index contributed by atoms with van der Waals surface area (Å²) >= 11 is 7.47. The van der Waals surface area contributed by atoms with Gasteiger partial charge in [0.15, 0.2) is 5.16 Å². The third kappa shape index (κ3) is 3.84. The highest BCUT2D eigenvalue weighted by molar-refractivity contribution is 7.99. The molecule has 0 spiro atoms. The lowest BCUT2D eigenvalue weighted by Crippen LogP contribution is -2.46. The summed E-state index contributed by atoms with van der Waals surface area (Å²) in [6, 6.07) is 4.61. The Labute approximate surface area is 177 Å². The van der Waals surface area contributed by atoms with Gasteiger partial charge in [-0.05, 0) is 55.6 Å². The maximum atomic E-state index is 12.7. The molecule has 1 saturated carbocycles. The number of aryl methyl sites for hydroxylation is 1. The number of nitrogens with one attached hydrogen (secondary N) is 2. The number of imide groups is 1. The molecule has 10 heteroatoms. The molecule has 2 heterocycles. The first-order chi connectivity index (χ1) is 13.8. The van der Waals surface area contributed by atoms with Crippen molar-refractivity contribution in [3.63, 3.8) is 0 Å². The van der Waals surface area contributed by atoms with E-state index in [1.54, 1.807) is 31.3 Å². The van der Waals surface area contributed by atoms with Crippen molar-refractivity contribution in [3.8, 4) is 0 Å². The zero-order valence-electron chi connectivity index (χ0n) is 15.9. The van der Waals surface area contributed by atoms with E-state index in [0.29, 0.717) is 10.7 Å². The van der Waals surface area contributed by atoms with Crippen LogP contribution in [0.25, 0.3) is 0 Å². The first kappa shape index (κ1) is 19.8. The average Bonchev–Trinajstić information content (AvgIpc) is 3.41. The molecule has 2 N–H and O–H groups in total. The van der Waals surface area contributed by atoms with E-state index in [1.807, 2.05) is 17.8 Å². The summed E-state index contributed by atoms with van der Waals surface area (Å²) in [7, 11) is 1.87. The van der Waals surface area contributed by atoms with Gasteiger partial charge in [-0.15, -0.1) is 0 Å². The van der Waals surface area contributed by atoms with Crippen LogP contribution in [0.1, 0.15) is 19.8 Å². The van der Waals surface area contributed by atoms with Crippen LogP contribution in [-0.2, 0) is 16.6 Å². The molecule has 1 aromatic carbocycles. The lowest BCUT2D eigenvalue weighted by atomic mass is 9.96. The molecule has 1 saturated heterocycles. The quantitative estimate of drug-likeness (QED) is 0.683. The van der Waals surface area contributed by atoms with Crippen LogP contribution >= 0.6 is 23.4 Å². The van der Waals surface area contributed by atoms with E-state index in [4.69, 9.17) is 11.6 Å². The summed E-state index contributed by atoms with van der Waals surface area (Å²) in [5, 5.41) is 6.71. The minimum atomic E-state index is -0.910. The lowest BCUT2D eigenvalue weighted by molar-refractivity contribution is -0.134. The number of carbonyl (C=O) groups is 3. The van der Waals surface area contributed by atoms with Crippen molar-refractivity contribution in [3.05, 3.63) is 35.6 Å². The van der Waals surface area contributed by atoms with E-state index in [1.165, 1.54) is 11.8 Å². The van der Waals surface area contributed by atoms with Gasteiger partial charge in [-0.3, -0.25) is 14.5 Å². The number of rotatable bonds is 6. The Bertz CT molecular complexity index is 1010. The molecule has 152 valence electrons. The summed E-state index contributed by atoms with van der Waals surface area (Å²) in [4.78, 5) is 43.6. The molecular weight excluding hydrogens is 414 g/mol. The second kappa shape index (κ2) is 7.38. The standard InChI is InChI=1S/C19H20ClN5O3S/c1-19(11-3-4-11)16(27)25(17(28)23-19)10-15(26)22-13-9-12(20)5-6-14(13)29-18-21-7-8-24(18)2/h5-9,11H,3-4,10H2,1-2H3,(H,22,26)(H,23,28). The van der Waals surface area contributed by atoms with Crippen LogP contribution in [0.2, 0.25) is 5.02 Å². The lowest BCUT2D eigenvalue weighted by Gasteiger charge is -2.20. The molecule has 8 nitrogen and oxygen atoms in total. The van der Waals surface area contributed by atoms with Crippen LogP contribution in [0.5, 0.6) is 0 Å². The Hall–Kier alpha value is -2.52. The molecule has 1 aliphatic carbocycles. The fourth-order valence-electron chi connectivity index (χ4n) is 3.37. The largest absolute Gasteiger partial charge is 0.329 e. The Balaban J connectivity index is 1.48.